The summed E-state index contributed by atoms with van der Waals surface area (Å²) >= 11 is 0.912. The molecule has 4 rings (SSSR count). The van der Waals surface area contributed by atoms with Crippen molar-refractivity contribution >= 4 is 27.5 Å². The number of aromatic nitrogens is 2. The van der Waals surface area contributed by atoms with E-state index in [1.807, 2.05) is 0 Å². The van der Waals surface area contributed by atoms with Crippen LogP contribution in [0.15, 0.2) is 9.59 Å². The van der Waals surface area contributed by atoms with Gasteiger partial charge >= 0.3 is 11.9 Å². The molecular formula is C20H24F3N3O4S. The molecule has 2 aliphatic heterocycles. The number of piperidine rings is 1. The van der Waals surface area contributed by atoms with Crippen LogP contribution in [0.3, 0.4) is 0 Å². The van der Waals surface area contributed by atoms with E-state index in [1.54, 1.807) is 18.7 Å². The number of thiophene rings is 1. The molecule has 4 heterocycles. The molecule has 11 heteroatoms. The van der Waals surface area contributed by atoms with E-state index in [1.165, 1.54) is 0 Å². The Morgan fingerprint density at radius 2 is 1.77 bits per heavy atom. The molecule has 1 N–H and O–H groups in total. The molecule has 1 unspecified atom stereocenters. The molecule has 2 saturated heterocycles. The first-order valence-electron chi connectivity index (χ1n) is 10.4. The summed E-state index contributed by atoms with van der Waals surface area (Å²) in [6, 6.07) is -0.184. The summed E-state index contributed by atoms with van der Waals surface area (Å²) in [7, 11) is 0. The van der Waals surface area contributed by atoms with Crippen LogP contribution in [0.2, 0.25) is 0 Å². The number of alkyl halides is 3. The van der Waals surface area contributed by atoms with E-state index in [4.69, 9.17) is 0 Å². The molecule has 0 spiro atoms. The second-order valence-corrected chi connectivity index (χ2v) is 9.31. The molecule has 2 aromatic rings. The largest absolute Gasteiger partial charge is 0.393 e. The summed E-state index contributed by atoms with van der Waals surface area (Å²) < 4.78 is 40.4. The van der Waals surface area contributed by atoms with Gasteiger partial charge in [0, 0.05) is 25.2 Å². The van der Waals surface area contributed by atoms with Gasteiger partial charge in [0.15, 0.2) is 0 Å². The normalized spacial score (nSPS) is 23.7. The highest BCUT2D eigenvalue weighted by Crippen LogP contribution is 2.39. The number of aryl methyl sites for hydroxylation is 2. The number of carbonyl (C=O) groups excluding carboxylic acids is 1. The Labute approximate surface area is 179 Å². The molecule has 0 saturated carbocycles. The molecule has 7 nitrogen and oxygen atoms in total. The van der Waals surface area contributed by atoms with Crippen LogP contribution >= 0.6 is 11.3 Å². The van der Waals surface area contributed by atoms with Crippen LogP contribution in [0.4, 0.5) is 13.2 Å². The van der Waals surface area contributed by atoms with E-state index in [2.05, 4.69) is 0 Å². The van der Waals surface area contributed by atoms with Crippen molar-refractivity contribution in [2.24, 2.45) is 0 Å². The van der Waals surface area contributed by atoms with Crippen LogP contribution in [0, 0.1) is 6.92 Å². The summed E-state index contributed by atoms with van der Waals surface area (Å²) in [5.74, 6) is -0.282. The highest BCUT2D eigenvalue weighted by atomic mass is 32.1. The van der Waals surface area contributed by atoms with Gasteiger partial charge in [-0.25, -0.2) is 4.79 Å². The van der Waals surface area contributed by atoms with Crippen molar-refractivity contribution in [1.29, 1.82) is 0 Å². The Morgan fingerprint density at radius 3 is 2.32 bits per heavy atom. The lowest BCUT2D eigenvalue weighted by Gasteiger charge is -2.37. The first kappa shape index (κ1) is 22.1. The van der Waals surface area contributed by atoms with Gasteiger partial charge in [-0.05, 0) is 45.1 Å². The standard InChI is InChI=1S/C20H24F3N3O4S/c1-3-24-16(28)14-10(2)15(17(29)26-11-4-5-12(26)9-13(27)8-11)31-18(14)25(19(24)30)7-6-20(21,22)23/h11-13,27H,3-9H2,1-2H3/t11-,12+,13?. The van der Waals surface area contributed by atoms with Crippen molar-refractivity contribution in [2.75, 3.05) is 0 Å². The lowest BCUT2D eigenvalue weighted by Crippen LogP contribution is -2.47. The highest BCUT2D eigenvalue weighted by molar-refractivity contribution is 7.20. The van der Waals surface area contributed by atoms with Crippen molar-refractivity contribution in [3.8, 4) is 0 Å². The number of nitrogens with zero attached hydrogens (tertiary/aromatic N) is 3. The predicted octanol–water partition coefficient (Wildman–Crippen LogP) is 2.63. The van der Waals surface area contributed by atoms with Gasteiger partial charge in [-0.2, -0.15) is 13.2 Å². The zero-order chi connectivity index (χ0) is 22.7. The molecule has 31 heavy (non-hydrogen) atoms. The Kier molecular flexibility index (Phi) is 5.53. The second-order valence-electron chi connectivity index (χ2n) is 8.31. The predicted molar refractivity (Wildman–Crippen MR) is 110 cm³/mol. The monoisotopic (exact) mass is 459 g/mol. The summed E-state index contributed by atoms with van der Waals surface area (Å²) in [5.41, 5.74) is -0.996. The Balaban J connectivity index is 1.84. The molecule has 2 fully saturated rings. The van der Waals surface area contributed by atoms with E-state index in [9.17, 15) is 32.7 Å². The van der Waals surface area contributed by atoms with Gasteiger partial charge in [-0.3, -0.25) is 18.7 Å². The van der Waals surface area contributed by atoms with Crippen LogP contribution in [0.1, 0.15) is 54.3 Å². The van der Waals surface area contributed by atoms with E-state index in [-0.39, 0.29) is 39.6 Å². The van der Waals surface area contributed by atoms with Crippen molar-refractivity contribution in [3.63, 3.8) is 0 Å². The van der Waals surface area contributed by atoms with E-state index in [0.717, 1.165) is 33.3 Å². The molecule has 2 bridgehead atoms. The molecule has 2 aliphatic rings. The van der Waals surface area contributed by atoms with Crippen LogP contribution < -0.4 is 11.2 Å². The number of fused-ring (bicyclic) bond motifs is 3. The maximum Gasteiger partial charge on any atom is 0.390 e. The first-order chi connectivity index (χ1) is 14.5. The number of hydrogen-bond acceptors (Lipinski definition) is 5. The molecule has 0 aliphatic carbocycles. The average molecular weight is 459 g/mol. The zero-order valence-corrected chi connectivity index (χ0v) is 18.1. The van der Waals surface area contributed by atoms with Gasteiger partial charge in [0.25, 0.3) is 11.5 Å². The van der Waals surface area contributed by atoms with Gasteiger partial charge in [0.2, 0.25) is 0 Å². The van der Waals surface area contributed by atoms with Gasteiger partial charge in [-0.15, -0.1) is 11.3 Å². The van der Waals surface area contributed by atoms with E-state index >= 15 is 0 Å². The summed E-state index contributed by atoms with van der Waals surface area (Å²) in [6.07, 6.45) is -3.56. The quantitative estimate of drug-likeness (QED) is 0.762. The van der Waals surface area contributed by atoms with Gasteiger partial charge < -0.3 is 10.0 Å². The molecular weight excluding hydrogens is 435 g/mol. The Hall–Kier alpha value is -2.14. The topological polar surface area (TPSA) is 84.5 Å². The van der Waals surface area contributed by atoms with Crippen LogP contribution in [0.5, 0.6) is 0 Å². The molecule has 0 radical (unpaired) electrons. The van der Waals surface area contributed by atoms with Crippen LogP contribution in [0.25, 0.3) is 10.2 Å². The minimum Gasteiger partial charge on any atom is -0.393 e. The number of halogens is 3. The van der Waals surface area contributed by atoms with E-state index < -0.39 is 36.5 Å². The summed E-state index contributed by atoms with van der Waals surface area (Å²) in [6.45, 7) is 2.58. The summed E-state index contributed by atoms with van der Waals surface area (Å²) in [5, 5.41) is 10.1. The minimum atomic E-state index is -4.46. The SMILES string of the molecule is CCn1c(=O)c2c(C)c(C(=O)N3[C@@H]4CC[C@H]3CC(O)C4)sc2n(CCC(F)(F)F)c1=O. The van der Waals surface area contributed by atoms with Crippen LogP contribution in [-0.2, 0) is 13.1 Å². The number of aliphatic hydroxyl groups is 1. The van der Waals surface area contributed by atoms with Crippen molar-refractivity contribution < 1.29 is 23.1 Å². The average Bonchev–Trinajstić information content (AvgIpc) is 3.15. The van der Waals surface area contributed by atoms with Crippen molar-refractivity contribution in [3.05, 3.63) is 31.3 Å². The van der Waals surface area contributed by atoms with Crippen LogP contribution in [-0.4, -0.2) is 49.4 Å². The molecule has 170 valence electrons. The molecule has 3 atom stereocenters. The van der Waals surface area contributed by atoms with Crippen molar-refractivity contribution in [1.82, 2.24) is 14.0 Å². The molecule has 0 aromatic carbocycles. The van der Waals surface area contributed by atoms with Crippen molar-refractivity contribution in [2.45, 2.75) is 83.4 Å². The fraction of sp³-hybridized carbons (Fsp3) is 0.650. The fourth-order valence-electron chi connectivity index (χ4n) is 4.91. The highest BCUT2D eigenvalue weighted by Gasteiger charge is 2.44. The Bertz CT molecular complexity index is 1140. The Morgan fingerprint density at radius 1 is 1.16 bits per heavy atom. The second kappa shape index (κ2) is 7.77. The first-order valence-corrected chi connectivity index (χ1v) is 11.2. The third-order valence-corrected chi connectivity index (χ3v) is 7.67. The van der Waals surface area contributed by atoms with Gasteiger partial charge in [-0.1, -0.05) is 0 Å². The number of aliphatic hydroxyl groups excluding tert-OH is 1. The third kappa shape index (κ3) is 3.71. The molecule has 2 aromatic heterocycles. The number of hydrogen-bond donors (Lipinski definition) is 1. The maximum absolute atomic E-state index is 13.4. The third-order valence-electron chi connectivity index (χ3n) is 6.37. The number of rotatable bonds is 4. The lowest BCUT2D eigenvalue weighted by molar-refractivity contribution is -0.136. The number of amides is 1. The summed E-state index contributed by atoms with van der Waals surface area (Å²) in [4.78, 5) is 41.2. The number of carbonyl (C=O) groups is 1. The van der Waals surface area contributed by atoms with Gasteiger partial charge in [0.05, 0.1) is 22.8 Å². The zero-order valence-electron chi connectivity index (χ0n) is 17.2. The van der Waals surface area contributed by atoms with E-state index in [0.29, 0.717) is 18.4 Å². The minimum absolute atomic E-state index is 0.0202. The smallest absolute Gasteiger partial charge is 0.390 e. The van der Waals surface area contributed by atoms with Gasteiger partial charge in [0.1, 0.15) is 4.83 Å². The fourth-order valence-corrected chi connectivity index (χ4v) is 6.17. The lowest BCUT2D eigenvalue weighted by atomic mass is 9.99. The maximum atomic E-state index is 13.4. The molecule has 1 amide bonds.